The first-order valence-corrected chi connectivity index (χ1v) is 20.6. The van der Waals surface area contributed by atoms with Crippen molar-refractivity contribution in [2.75, 3.05) is 0 Å². The Morgan fingerprint density at radius 2 is 0.900 bits per heavy atom. The minimum atomic E-state index is -0.512. The number of nitrogens with zero attached hydrogens (tertiary/aromatic N) is 2. The van der Waals surface area contributed by atoms with E-state index in [9.17, 15) is 0 Å². The molecule has 11 aromatic rings. The van der Waals surface area contributed by atoms with Crippen molar-refractivity contribution in [3.63, 3.8) is 0 Å². The molecule has 0 radical (unpaired) electrons. The Balaban J connectivity index is 1.09. The van der Waals surface area contributed by atoms with Gasteiger partial charge in [-0.2, -0.15) is 0 Å². The maximum atomic E-state index is 6.70. The maximum absolute atomic E-state index is 6.70. The van der Waals surface area contributed by atoms with Gasteiger partial charge in [0.2, 0.25) is 0 Å². The number of furan rings is 1. The Hall–Kier alpha value is -7.88. The molecule has 60 heavy (non-hydrogen) atoms. The Labute approximate surface area is 346 Å². The predicted octanol–water partition coefficient (Wildman–Crippen LogP) is 14.5. The summed E-state index contributed by atoms with van der Waals surface area (Å²) in [5, 5.41) is 3.45. The van der Waals surface area contributed by atoms with Gasteiger partial charge in [-0.15, -0.1) is 0 Å². The summed E-state index contributed by atoms with van der Waals surface area (Å²) in [5.41, 5.74) is 19.2. The van der Waals surface area contributed by atoms with Gasteiger partial charge in [0, 0.05) is 16.5 Å². The second-order valence-electron chi connectivity index (χ2n) is 16.0. The van der Waals surface area contributed by atoms with Crippen molar-refractivity contribution in [1.29, 1.82) is 0 Å². The molecule has 278 valence electrons. The number of para-hydroxylation sites is 1. The van der Waals surface area contributed by atoms with Crippen LogP contribution in [0.15, 0.2) is 211 Å². The lowest BCUT2D eigenvalue weighted by atomic mass is 9.70. The van der Waals surface area contributed by atoms with Crippen molar-refractivity contribution < 1.29 is 4.42 Å². The van der Waals surface area contributed by atoms with Crippen LogP contribution in [-0.2, 0) is 5.41 Å². The number of benzene rings is 9. The summed E-state index contributed by atoms with van der Waals surface area (Å²) in [6.07, 6.45) is 0. The molecule has 1 spiro atoms. The quantitative estimate of drug-likeness (QED) is 0.179. The van der Waals surface area contributed by atoms with Crippen molar-refractivity contribution in [3.05, 3.63) is 229 Å². The van der Waals surface area contributed by atoms with E-state index in [1.807, 2.05) is 12.1 Å². The summed E-state index contributed by atoms with van der Waals surface area (Å²) < 4.78 is 6.70. The van der Waals surface area contributed by atoms with Crippen LogP contribution < -0.4 is 0 Å². The molecule has 3 nitrogen and oxygen atoms in total. The van der Waals surface area contributed by atoms with E-state index in [0.717, 1.165) is 55.6 Å². The van der Waals surface area contributed by atoms with E-state index in [1.165, 1.54) is 55.3 Å². The van der Waals surface area contributed by atoms with Gasteiger partial charge >= 0.3 is 0 Å². The van der Waals surface area contributed by atoms with Gasteiger partial charge in [-0.3, -0.25) is 0 Å². The second kappa shape index (κ2) is 12.6. The van der Waals surface area contributed by atoms with Crippen LogP contribution >= 0.6 is 0 Å². The van der Waals surface area contributed by atoms with Gasteiger partial charge < -0.3 is 4.42 Å². The fraction of sp³-hybridized carbons (Fsp3) is 0.0175. The van der Waals surface area contributed by atoms with Gasteiger partial charge in [0.25, 0.3) is 0 Å². The molecule has 0 saturated carbocycles. The van der Waals surface area contributed by atoms with Crippen molar-refractivity contribution in [1.82, 2.24) is 9.97 Å². The monoisotopic (exact) mass is 762 g/mol. The van der Waals surface area contributed by atoms with Crippen LogP contribution in [0.1, 0.15) is 22.3 Å². The SMILES string of the molecule is c1ccc(-c2cc(-c3ccccc3)cc(-c3nc(-c4ccc5c(c4)C4(c6ccccc6-5)c5ccccc5-c5cc6ccccc6cc54)nc4c3oc3ccccc34)c2)cc1. The van der Waals surface area contributed by atoms with Crippen molar-refractivity contribution in [2.24, 2.45) is 0 Å². The molecule has 1 unspecified atom stereocenters. The lowest BCUT2D eigenvalue weighted by Crippen LogP contribution is -2.26. The minimum Gasteiger partial charge on any atom is -0.452 e. The molecule has 0 saturated heterocycles. The third-order valence-corrected chi connectivity index (χ3v) is 12.9. The molecule has 3 heteroatoms. The smallest absolute Gasteiger partial charge is 0.180 e. The predicted molar refractivity (Wildman–Crippen MR) is 245 cm³/mol. The Kier molecular flexibility index (Phi) is 6.93. The molecular weight excluding hydrogens is 729 g/mol. The maximum Gasteiger partial charge on any atom is 0.180 e. The molecule has 13 rings (SSSR count). The molecule has 9 aromatic carbocycles. The van der Waals surface area contributed by atoms with Crippen LogP contribution in [-0.4, -0.2) is 9.97 Å². The second-order valence-corrected chi connectivity index (χ2v) is 16.0. The standard InChI is InChI=1S/C57H34N2O/c1-3-15-35(16-4-1)40-29-41(36-17-5-2-6-18-36)31-42(30-40)53-55-54(46-23-11-14-26-52(46)60-55)59-56(58-53)39-27-28-45-43-21-9-12-24-48(43)57(50(45)34-39)49-25-13-10-22-44(49)47-32-37-19-7-8-20-38(37)33-51(47)57/h1-34H. The zero-order valence-corrected chi connectivity index (χ0v) is 32.4. The number of aromatic nitrogens is 2. The van der Waals surface area contributed by atoms with Gasteiger partial charge in [0.05, 0.1) is 5.41 Å². The first kappa shape index (κ1) is 33.1. The summed E-state index contributed by atoms with van der Waals surface area (Å²) in [5.74, 6) is 0.661. The average Bonchev–Trinajstić information content (AvgIpc) is 3.94. The highest BCUT2D eigenvalue weighted by Crippen LogP contribution is 2.63. The molecule has 1 atom stereocenters. The van der Waals surface area contributed by atoms with Crippen molar-refractivity contribution in [2.45, 2.75) is 5.41 Å². The van der Waals surface area contributed by atoms with Crippen LogP contribution in [0.2, 0.25) is 0 Å². The summed E-state index contributed by atoms with van der Waals surface area (Å²) in [6, 6.07) is 74.5. The van der Waals surface area contributed by atoms with Gasteiger partial charge in [0.1, 0.15) is 16.8 Å². The van der Waals surface area contributed by atoms with Crippen molar-refractivity contribution in [3.8, 4) is 67.2 Å². The number of fused-ring (bicyclic) bond motifs is 14. The van der Waals surface area contributed by atoms with E-state index in [2.05, 4.69) is 194 Å². The molecule has 2 aliphatic rings. The normalized spacial score (nSPS) is 14.7. The number of rotatable bonds is 4. The van der Waals surface area contributed by atoms with E-state index in [-0.39, 0.29) is 0 Å². The third kappa shape index (κ3) is 4.66. The molecule has 0 bridgehead atoms. The summed E-state index contributed by atoms with van der Waals surface area (Å²) in [6.45, 7) is 0. The average molecular weight is 763 g/mol. The molecule has 2 aliphatic carbocycles. The molecule has 2 aromatic heterocycles. The Morgan fingerprint density at radius 1 is 0.350 bits per heavy atom. The van der Waals surface area contributed by atoms with Crippen LogP contribution in [0.25, 0.3) is 100.0 Å². The van der Waals surface area contributed by atoms with Crippen LogP contribution in [0.3, 0.4) is 0 Å². The fourth-order valence-electron chi connectivity index (χ4n) is 10.2. The topological polar surface area (TPSA) is 38.9 Å². The van der Waals surface area contributed by atoms with Gasteiger partial charge in [-0.1, -0.05) is 158 Å². The first-order valence-electron chi connectivity index (χ1n) is 20.6. The van der Waals surface area contributed by atoms with E-state index in [4.69, 9.17) is 14.4 Å². The summed E-state index contributed by atoms with van der Waals surface area (Å²) in [7, 11) is 0. The highest BCUT2D eigenvalue weighted by atomic mass is 16.3. The zero-order valence-electron chi connectivity index (χ0n) is 32.4. The third-order valence-electron chi connectivity index (χ3n) is 12.9. The van der Waals surface area contributed by atoms with Crippen LogP contribution in [0.5, 0.6) is 0 Å². The summed E-state index contributed by atoms with van der Waals surface area (Å²) >= 11 is 0. The molecule has 0 aliphatic heterocycles. The Morgan fingerprint density at radius 3 is 1.62 bits per heavy atom. The number of hydrogen-bond donors (Lipinski definition) is 0. The van der Waals surface area contributed by atoms with E-state index in [1.54, 1.807) is 0 Å². The van der Waals surface area contributed by atoms with Gasteiger partial charge in [-0.25, -0.2) is 9.97 Å². The molecule has 0 fully saturated rings. The highest BCUT2D eigenvalue weighted by molar-refractivity contribution is 6.08. The lowest BCUT2D eigenvalue weighted by Gasteiger charge is -2.31. The summed E-state index contributed by atoms with van der Waals surface area (Å²) in [4.78, 5) is 10.9. The molecule has 0 N–H and O–H groups in total. The minimum absolute atomic E-state index is 0.512. The molecule has 0 amide bonds. The van der Waals surface area contributed by atoms with Crippen LogP contribution in [0.4, 0.5) is 0 Å². The molecule has 2 heterocycles. The van der Waals surface area contributed by atoms with Crippen molar-refractivity contribution >= 4 is 32.8 Å². The zero-order chi connectivity index (χ0) is 39.4. The lowest BCUT2D eigenvalue weighted by molar-refractivity contribution is 0.667. The van der Waals surface area contributed by atoms with Gasteiger partial charge in [0.15, 0.2) is 11.4 Å². The van der Waals surface area contributed by atoms with Gasteiger partial charge in [-0.05, 0) is 126 Å². The van der Waals surface area contributed by atoms with E-state index >= 15 is 0 Å². The number of hydrogen-bond acceptors (Lipinski definition) is 3. The Bertz CT molecular complexity index is 3490. The largest absolute Gasteiger partial charge is 0.452 e. The van der Waals surface area contributed by atoms with Crippen LogP contribution in [0, 0.1) is 0 Å². The highest BCUT2D eigenvalue weighted by Gasteiger charge is 2.51. The van der Waals surface area contributed by atoms with E-state index in [0.29, 0.717) is 11.4 Å². The first-order chi connectivity index (χ1) is 29.7. The van der Waals surface area contributed by atoms with E-state index < -0.39 is 5.41 Å². The fourth-order valence-corrected chi connectivity index (χ4v) is 10.2. The molecular formula is C57H34N2O.